The standard InChI is InChI=1S/C19H23Cl/c1-13(2)16-7-9-17(10-8-16)19(20)12-18-11-14(3)5-6-15(18)4/h5-11,13,19H,12H2,1-4H3. The van der Waals surface area contributed by atoms with E-state index in [9.17, 15) is 0 Å². The fraction of sp³-hybridized carbons (Fsp3) is 0.368. The smallest absolute Gasteiger partial charge is 0.0625 e. The number of halogens is 1. The molecule has 106 valence electrons. The minimum absolute atomic E-state index is 0.0386. The van der Waals surface area contributed by atoms with Crippen LogP contribution < -0.4 is 0 Å². The van der Waals surface area contributed by atoms with E-state index in [-0.39, 0.29) is 5.38 Å². The summed E-state index contributed by atoms with van der Waals surface area (Å²) < 4.78 is 0. The average molecular weight is 287 g/mol. The van der Waals surface area contributed by atoms with Crippen LogP contribution in [0.1, 0.15) is 53.0 Å². The molecule has 0 aliphatic carbocycles. The van der Waals surface area contributed by atoms with Gasteiger partial charge in [0.15, 0.2) is 0 Å². The number of aryl methyl sites for hydroxylation is 2. The summed E-state index contributed by atoms with van der Waals surface area (Å²) in [6.45, 7) is 8.70. The van der Waals surface area contributed by atoms with Crippen molar-refractivity contribution in [2.45, 2.75) is 45.4 Å². The third-order valence-corrected chi connectivity index (χ3v) is 4.27. The molecule has 2 aromatic rings. The number of hydrogen-bond acceptors (Lipinski definition) is 0. The average Bonchev–Trinajstić information content (AvgIpc) is 2.43. The van der Waals surface area contributed by atoms with E-state index in [1.165, 1.54) is 27.8 Å². The molecular weight excluding hydrogens is 264 g/mol. The highest BCUT2D eigenvalue weighted by molar-refractivity contribution is 6.20. The van der Waals surface area contributed by atoms with Crippen LogP contribution in [-0.2, 0) is 6.42 Å². The van der Waals surface area contributed by atoms with E-state index >= 15 is 0 Å². The van der Waals surface area contributed by atoms with Gasteiger partial charge in [0.1, 0.15) is 0 Å². The van der Waals surface area contributed by atoms with Gasteiger partial charge in [0.25, 0.3) is 0 Å². The summed E-state index contributed by atoms with van der Waals surface area (Å²) >= 11 is 6.60. The lowest BCUT2D eigenvalue weighted by atomic mass is 9.96. The summed E-state index contributed by atoms with van der Waals surface area (Å²) in [7, 11) is 0. The van der Waals surface area contributed by atoms with Crippen LogP contribution in [0.25, 0.3) is 0 Å². The predicted octanol–water partition coefficient (Wildman–Crippen LogP) is 5.95. The lowest BCUT2D eigenvalue weighted by molar-refractivity contribution is 0.859. The van der Waals surface area contributed by atoms with Crippen LogP contribution in [0.5, 0.6) is 0 Å². The van der Waals surface area contributed by atoms with E-state index in [1.54, 1.807) is 0 Å². The molecule has 20 heavy (non-hydrogen) atoms. The first-order chi connectivity index (χ1) is 9.47. The number of alkyl halides is 1. The Bertz CT molecular complexity index is 567. The van der Waals surface area contributed by atoms with Crippen molar-refractivity contribution in [3.63, 3.8) is 0 Å². The van der Waals surface area contributed by atoms with Crippen molar-refractivity contribution in [3.8, 4) is 0 Å². The summed E-state index contributed by atoms with van der Waals surface area (Å²) in [6, 6.07) is 15.3. The third kappa shape index (κ3) is 3.64. The molecule has 1 atom stereocenters. The molecule has 1 unspecified atom stereocenters. The molecule has 0 radical (unpaired) electrons. The zero-order valence-corrected chi connectivity index (χ0v) is 13.5. The Kier molecular flexibility index (Phi) is 4.88. The normalized spacial score (nSPS) is 12.7. The summed E-state index contributed by atoms with van der Waals surface area (Å²) in [5.74, 6) is 0.567. The van der Waals surface area contributed by atoms with Crippen LogP contribution in [0.2, 0.25) is 0 Å². The van der Waals surface area contributed by atoms with E-state index in [0.29, 0.717) is 5.92 Å². The molecule has 0 aliphatic rings. The first-order valence-electron chi connectivity index (χ1n) is 7.27. The summed E-state index contributed by atoms with van der Waals surface area (Å²) in [5.41, 5.74) is 6.53. The van der Waals surface area contributed by atoms with Crippen LogP contribution >= 0.6 is 11.6 Å². The Labute approximate surface area is 127 Å². The Balaban J connectivity index is 2.15. The maximum atomic E-state index is 6.60. The van der Waals surface area contributed by atoms with Gasteiger partial charge in [0.2, 0.25) is 0 Å². The lowest BCUT2D eigenvalue weighted by Crippen LogP contribution is -1.99. The number of rotatable bonds is 4. The third-order valence-electron chi connectivity index (χ3n) is 3.87. The van der Waals surface area contributed by atoms with Crippen molar-refractivity contribution >= 4 is 11.6 Å². The second kappa shape index (κ2) is 6.45. The van der Waals surface area contributed by atoms with Gasteiger partial charge >= 0.3 is 0 Å². The molecule has 2 aromatic carbocycles. The minimum Gasteiger partial charge on any atom is -0.117 e. The van der Waals surface area contributed by atoms with Gasteiger partial charge in [0, 0.05) is 0 Å². The summed E-state index contributed by atoms with van der Waals surface area (Å²) in [4.78, 5) is 0. The van der Waals surface area contributed by atoms with Gasteiger partial charge in [-0.1, -0.05) is 61.9 Å². The SMILES string of the molecule is Cc1ccc(C)c(CC(Cl)c2ccc(C(C)C)cc2)c1. The van der Waals surface area contributed by atoms with Gasteiger partial charge in [-0.3, -0.25) is 0 Å². The van der Waals surface area contributed by atoms with Crippen molar-refractivity contribution < 1.29 is 0 Å². The van der Waals surface area contributed by atoms with E-state index in [2.05, 4.69) is 70.2 Å². The van der Waals surface area contributed by atoms with E-state index in [4.69, 9.17) is 11.6 Å². The monoisotopic (exact) mass is 286 g/mol. The molecule has 0 fully saturated rings. The topological polar surface area (TPSA) is 0 Å². The van der Waals surface area contributed by atoms with E-state index in [0.717, 1.165) is 6.42 Å². The maximum absolute atomic E-state index is 6.60. The van der Waals surface area contributed by atoms with Gasteiger partial charge in [-0.25, -0.2) is 0 Å². The molecule has 0 aliphatic heterocycles. The molecule has 0 bridgehead atoms. The van der Waals surface area contributed by atoms with Crippen molar-refractivity contribution in [3.05, 3.63) is 70.3 Å². The second-order valence-corrected chi connectivity index (χ2v) is 6.45. The van der Waals surface area contributed by atoms with Gasteiger partial charge in [0.05, 0.1) is 5.38 Å². The molecular formula is C19H23Cl. The van der Waals surface area contributed by atoms with Gasteiger partial charge in [-0.2, -0.15) is 0 Å². The Morgan fingerprint density at radius 3 is 2.10 bits per heavy atom. The van der Waals surface area contributed by atoms with Crippen LogP contribution in [0.3, 0.4) is 0 Å². The van der Waals surface area contributed by atoms with E-state index < -0.39 is 0 Å². The second-order valence-electron chi connectivity index (χ2n) is 5.92. The molecule has 0 aromatic heterocycles. The molecule has 0 N–H and O–H groups in total. The summed E-state index contributed by atoms with van der Waals surface area (Å²) in [5, 5.41) is 0.0386. The maximum Gasteiger partial charge on any atom is 0.0625 e. The molecule has 1 heteroatoms. The Morgan fingerprint density at radius 2 is 1.50 bits per heavy atom. The quantitative estimate of drug-likeness (QED) is 0.609. The highest BCUT2D eigenvalue weighted by Gasteiger charge is 2.11. The molecule has 0 spiro atoms. The number of hydrogen-bond donors (Lipinski definition) is 0. The number of benzene rings is 2. The van der Waals surface area contributed by atoms with Crippen molar-refractivity contribution in [1.29, 1.82) is 0 Å². The van der Waals surface area contributed by atoms with Crippen molar-refractivity contribution in [1.82, 2.24) is 0 Å². The molecule has 0 saturated heterocycles. The molecule has 0 nitrogen and oxygen atoms in total. The molecule has 0 amide bonds. The fourth-order valence-corrected chi connectivity index (χ4v) is 2.73. The zero-order valence-electron chi connectivity index (χ0n) is 12.8. The highest BCUT2D eigenvalue weighted by atomic mass is 35.5. The molecule has 2 rings (SSSR count). The van der Waals surface area contributed by atoms with Gasteiger partial charge in [-0.05, 0) is 48.4 Å². The van der Waals surface area contributed by atoms with Crippen LogP contribution in [-0.4, -0.2) is 0 Å². The van der Waals surface area contributed by atoms with Gasteiger partial charge < -0.3 is 0 Å². The largest absolute Gasteiger partial charge is 0.117 e. The zero-order chi connectivity index (χ0) is 14.7. The van der Waals surface area contributed by atoms with Crippen LogP contribution in [0.15, 0.2) is 42.5 Å². The Morgan fingerprint density at radius 1 is 0.900 bits per heavy atom. The van der Waals surface area contributed by atoms with Crippen LogP contribution in [0.4, 0.5) is 0 Å². The Hall–Kier alpha value is -1.27. The molecule has 0 saturated carbocycles. The predicted molar refractivity (Wildman–Crippen MR) is 88.7 cm³/mol. The first-order valence-corrected chi connectivity index (χ1v) is 7.71. The first kappa shape index (κ1) is 15.1. The minimum atomic E-state index is 0.0386. The highest BCUT2D eigenvalue weighted by Crippen LogP contribution is 2.28. The fourth-order valence-electron chi connectivity index (χ4n) is 2.42. The van der Waals surface area contributed by atoms with Gasteiger partial charge in [-0.15, -0.1) is 11.6 Å². The molecule has 0 heterocycles. The van der Waals surface area contributed by atoms with E-state index in [1.807, 2.05) is 0 Å². The van der Waals surface area contributed by atoms with Crippen molar-refractivity contribution in [2.75, 3.05) is 0 Å². The lowest BCUT2D eigenvalue weighted by Gasteiger charge is -2.14. The van der Waals surface area contributed by atoms with Crippen LogP contribution in [0, 0.1) is 13.8 Å². The summed E-state index contributed by atoms with van der Waals surface area (Å²) in [6.07, 6.45) is 0.885. The van der Waals surface area contributed by atoms with Crippen molar-refractivity contribution in [2.24, 2.45) is 0 Å².